The third-order valence-electron chi connectivity index (χ3n) is 3.34. The molecule has 1 fully saturated rings. The molecule has 0 heterocycles. The van der Waals surface area contributed by atoms with Gasteiger partial charge < -0.3 is 14.6 Å². The van der Waals surface area contributed by atoms with Crippen molar-refractivity contribution in [2.45, 2.75) is 38.1 Å². The molecule has 1 N–H and O–H groups in total. The van der Waals surface area contributed by atoms with Crippen LogP contribution in [0.4, 0.5) is 0 Å². The van der Waals surface area contributed by atoms with Gasteiger partial charge in [-0.25, -0.2) is 0 Å². The van der Waals surface area contributed by atoms with Gasteiger partial charge >= 0.3 is 5.97 Å². The van der Waals surface area contributed by atoms with Crippen LogP contribution in [0.15, 0.2) is 0 Å². The first kappa shape index (κ1) is 15.4. The van der Waals surface area contributed by atoms with Gasteiger partial charge in [0, 0.05) is 32.9 Å². The van der Waals surface area contributed by atoms with E-state index in [2.05, 4.69) is 0 Å². The van der Waals surface area contributed by atoms with Crippen molar-refractivity contribution in [3.63, 3.8) is 0 Å². The summed E-state index contributed by atoms with van der Waals surface area (Å²) in [6.45, 7) is 2.84. The molecule has 0 spiro atoms. The van der Waals surface area contributed by atoms with Crippen LogP contribution in [0.3, 0.4) is 0 Å². The first-order chi connectivity index (χ1) is 8.74. The fourth-order valence-electron chi connectivity index (χ4n) is 2.42. The van der Waals surface area contributed by atoms with E-state index < -0.39 is 5.97 Å². The summed E-state index contributed by atoms with van der Waals surface area (Å²) in [5, 5.41) is 8.92. The molecule has 0 radical (unpaired) electrons. The van der Waals surface area contributed by atoms with Crippen molar-refractivity contribution in [3.8, 4) is 0 Å². The topological polar surface area (TPSA) is 59.0 Å². The Kier molecular flexibility index (Phi) is 7.96. The summed E-state index contributed by atoms with van der Waals surface area (Å²) in [6.07, 6.45) is 5.57. The molecule has 0 amide bonds. The molecule has 5 heteroatoms. The van der Waals surface area contributed by atoms with Crippen LogP contribution < -0.4 is 0 Å². The Balaban J connectivity index is 2.17. The molecule has 1 saturated carbocycles. The standard InChI is InChI=1S/C13H25NO4/c1-17-8-4-9-18-10-7-14(11-13(15)16)12-5-2-3-6-12/h12H,2-11H2,1H3,(H,15,16). The molecule has 1 aliphatic carbocycles. The minimum absolute atomic E-state index is 0.131. The SMILES string of the molecule is COCCCOCCN(CC(=O)O)C1CCCC1. The van der Waals surface area contributed by atoms with Crippen LogP contribution in [0.5, 0.6) is 0 Å². The van der Waals surface area contributed by atoms with Crippen LogP contribution in [0.2, 0.25) is 0 Å². The molecular formula is C13H25NO4. The molecular weight excluding hydrogens is 234 g/mol. The first-order valence-electron chi connectivity index (χ1n) is 6.76. The maximum absolute atomic E-state index is 10.8. The number of methoxy groups -OCH3 is 1. The lowest BCUT2D eigenvalue weighted by Gasteiger charge is -2.26. The average molecular weight is 259 g/mol. The van der Waals surface area contributed by atoms with Gasteiger partial charge in [-0.3, -0.25) is 9.69 Å². The first-order valence-corrected chi connectivity index (χ1v) is 6.76. The molecule has 1 aliphatic rings. The zero-order valence-corrected chi connectivity index (χ0v) is 11.3. The number of carbonyl (C=O) groups is 1. The Morgan fingerprint density at radius 2 is 2.00 bits per heavy atom. The van der Waals surface area contributed by atoms with Crippen molar-refractivity contribution >= 4 is 5.97 Å². The highest BCUT2D eigenvalue weighted by Crippen LogP contribution is 2.23. The summed E-state index contributed by atoms with van der Waals surface area (Å²) in [7, 11) is 1.68. The Morgan fingerprint density at radius 3 is 2.61 bits per heavy atom. The van der Waals surface area contributed by atoms with Crippen molar-refractivity contribution < 1.29 is 19.4 Å². The molecule has 0 aromatic heterocycles. The highest BCUT2D eigenvalue weighted by molar-refractivity contribution is 5.69. The number of nitrogens with zero attached hydrogens (tertiary/aromatic N) is 1. The van der Waals surface area contributed by atoms with E-state index in [0.29, 0.717) is 32.4 Å². The fourth-order valence-corrected chi connectivity index (χ4v) is 2.42. The third kappa shape index (κ3) is 6.33. The zero-order valence-electron chi connectivity index (χ0n) is 11.3. The van der Waals surface area contributed by atoms with Crippen LogP contribution in [0.25, 0.3) is 0 Å². The molecule has 1 rings (SSSR count). The number of hydrogen-bond donors (Lipinski definition) is 1. The molecule has 106 valence electrons. The molecule has 0 bridgehead atoms. The molecule has 0 unspecified atom stereocenters. The second kappa shape index (κ2) is 9.30. The van der Waals surface area contributed by atoms with E-state index >= 15 is 0 Å². The Bertz CT molecular complexity index is 229. The van der Waals surface area contributed by atoms with Crippen molar-refractivity contribution in [1.29, 1.82) is 0 Å². The molecule has 0 aliphatic heterocycles. The predicted octanol–water partition coefficient (Wildman–Crippen LogP) is 1.37. The zero-order chi connectivity index (χ0) is 13.2. The minimum Gasteiger partial charge on any atom is -0.480 e. The van der Waals surface area contributed by atoms with Gasteiger partial charge in [0.1, 0.15) is 0 Å². The van der Waals surface area contributed by atoms with E-state index in [4.69, 9.17) is 14.6 Å². The molecule has 0 saturated heterocycles. The number of rotatable bonds is 10. The predicted molar refractivity (Wildman–Crippen MR) is 68.8 cm³/mol. The normalized spacial score (nSPS) is 16.6. The lowest BCUT2D eigenvalue weighted by atomic mass is 10.2. The Hall–Kier alpha value is -0.650. The number of carboxylic acids is 1. The van der Waals surface area contributed by atoms with Crippen LogP contribution >= 0.6 is 0 Å². The number of aliphatic carboxylic acids is 1. The van der Waals surface area contributed by atoms with E-state index in [1.807, 2.05) is 4.90 Å². The van der Waals surface area contributed by atoms with Crippen LogP contribution in [0.1, 0.15) is 32.1 Å². The van der Waals surface area contributed by atoms with Crippen molar-refractivity contribution in [2.75, 3.05) is 40.0 Å². The van der Waals surface area contributed by atoms with Crippen molar-refractivity contribution in [2.24, 2.45) is 0 Å². The maximum Gasteiger partial charge on any atom is 0.317 e. The number of carboxylic acid groups (broad SMARTS) is 1. The molecule has 5 nitrogen and oxygen atoms in total. The van der Waals surface area contributed by atoms with Crippen LogP contribution in [0, 0.1) is 0 Å². The summed E-state index contributed by atoms with van der Waals surface area (Å²) in [6, 6.07) is 0.434. The van der Waals surface area contributed by atoms with Gasteiger partial charge in [0.2, 0.25) is 0 Å². The van der Waals surface area contributed by atoms with Gasteiger partial charge in [0.15, 0.2) is 0 Å². The van der Waals surface area contributed by atoms with Gasteiger partial charge in [0.05, 0.1) is 13.2 Å². The van der Waals surface area contributed by atoms with E-state index in [1.54, 1.807) is 7.11 Å². The van der Waals surface area contributed by atoms with E-state index in [-0.39, 0.29) is 6.54 Å². The monoisotopic (exact) mass is 259 g/mol. The van der Waals surface area contributed by atoms with E-state index in [0.717, 1.165) is 19.3 Å². The summed E-state index contributed by atoms with van der Waals surface area (Å²) in [5.74, 6) is -0.749. The van der Waals surface area contributed by atoms with Crippen LogP contribution in [-0.2, 0) is 14.3 Å². The largest absolute Gasteiger partial charge is 0.480 e. The summed E-state index contributed by atoms with van der Waals surface area (Å²) >= 11 is 0. The smallest absolute Gasteiger partial charge is 0.317 e. The van der Waals surface area contributed by atoms with Gasteiger partial charge in [-0.15, -0.1) is 0 Å². The van der Waals surface area contributed by atoms with E-state index in [1.165, 1.54) is 12.8 Å². The highest BCUT2D eigenvalue weighted by Gasteiger charge is 2.23. The quantitative estimate of drug-likeness (QED) is 0.600. The minimum atomic E-state index is -0.749. The van der Waals surface area contributed by atoms with Crippen LogP contribution in [-0.4, -0.2) is 62.0 Å². The average Bonchev–Trinajstić information content (AvgIpc) is 2.85. The highest BCUT2D eigenvalue weighted by atomic mass is 16.5. The molecule has 0 aromatic rings. The van der Waals surface area contributed by atoms with Gasteiger partial charge in [0.25, 0.3) is 0 Å². The van der Waals surface area contributed by atoms with Gasteiger partial charge in [-0.1, -0.05) is 12.8 Å². The molecule has 18 heavy (non-hydrogen) atoms. The van der Waals surface area contributed by atoms with Crippen molar-refractivity contribution in [1.82, 2.24) is 4.90 Å². The fraction of sp³-hybridized carbons (Fsp3) is 0.923. The molecule has 0 atom stereocenters. The van der Waals surface area contributed by atoms with Gasteiger partial charge in [-0.2, -0.15) is 0 Å². The summed E-state index contributed by atoms with van der Waals surface area (Å²) in [5.41, 5.74) is 0. The lowest BCUT2D eigenvalue weighted by Crippen LogP contribution is -2.39. The Labute approximate surface area is 109 Å². The van der Waals surface area contributed by atoms with Crippen molar-refractivity contribution in [3.05, 3.63) is 0 Å². The molecule has 0 aromatic carbocycles. The second-order valence-corrected chi connectivity index (χ2v) is 4.76. The summed E-state index contributed by atoms with van der Waals surface area (Å²) in [4.78, 5) is 12.9. The maximum atomic E-state index is 10.8. The Morgan fingerprint density at radius 1 is 1.28 bits per heavy atom. The number of hydrogen-bond acceptors (Lipinski definition) is 4. The second-order valence-electron chi connectivity index (χ2n) is 4.76. The lowest BCUT2D eigenvalue weighted by molar-refractivity contribution is -0.139. The summed E-state index contributed by atoms with van der Waals surface area (Å²) < 4.78 is 10.4. The van der Waals surface area contributed by atoms with Gasteiger partial charge in [-0.05, 0) is 19.3 Å². The number of ether oxygens (including phenoxy) is 2. The third-order valence-corrected chi connectivity index (χ3v) is 3.34. The van der Waals surface area contributed by atoms with E-state index in [9.17, 15) is 4.79 Å².